The van der Waals surface area contributed by atoms with Gasteiger partial charge in [-0.1, -0.05) is 15.9 Å². The molecule has 3 nitrogen and oxygen atoms in total. The maximum Gasteiger partial charge on any atom is 0.205 e. The zero-order valence-electron chi connectivity index (χ0n) is 8.03. The molecule has 0 N–H and O–H groups in total. The van der Waals surface area contributed by atoms with Gasteiger partial charge in [0, 0.05) is 29.4 Å². The van der Waals surface area contributed by atoms with E-state index in [0.29, 0.717) is 6.04 Å². The highest BCUT2D eigenvalue weighted by Crippen LogP contribution is 2.27. The molecule has 2 rings (SSSR count). The summed E-state index contributed by atoms with van der Waals surface area (Å²) < 4.78 is 4.07. The largest absolute Gasteiger partial charge is 0.344 e. The zero-order chi connectivity index (χ0) is 9.80. The summed E-state index contributed by atoms with van der Waals surface area (Å²) in [6.45, 7) is 1.15. The highest BCUT2D eigenvalue weighted by Gasteiger charge is 2.23. The normalized spacial score (nSPS) is 22.6. The van der Waals surface area contributed by atoms with Gasteiger partial charge in [-0.3, -0.25) is 0 Å². The molecule has 1 unspecified atom stereocenters. The Labute approximate surface area is 96.8 Å². The average molecular weight is 276 g/mol. The van der Waals surface area contributed by atoms with Crippen LogP contribution in [0, 0.1) is 0 Å². The first kappa shape index (κ1) is 10.4. The van der Waals surface area contributed by atoms with Gasteiger partial charge in [-0.15, -0.1) is 0 Å². The minimum absolute atomic E-state index is 0.663. The maximum absolute atomic E-state index is 4.29. The lowest BCUT2D eigenvalue weighted by Crippen LogP contribution is -2.39. The molecule has 1 aliphatic rings. The third-order valence-corrected chi connectivity index (χ3v) is 3.83. The fourth-order valence-corrected chi connectivity index (χ4v) is 3.13. The topological polar surface area (TPSA) is 29.0 Å². The quantitative estimate of drug-likeness (QED) is 0.795. The van der Waals surface area contributed by atoms with Gasteiger partial charge in [0.15, 0.2) is 0 Å². The van der Waals surface area contributed by atoms with Crippen molar-refractivity contribution in [1.29, 1.82) is 0 Å². The van der Waals surface area contributed by atoms with Gasteiger partial charge in [-0.2, -0.15) is 4.37 Å². The predicted octanol–water partition coefficient (Wildman–Crippen LogP) is 2.68. The minimum Gasteiger partial charge on any atom is -0.344 e. The van der Waals surface area contributed by atoms with Gasteiger partial charge in [-0.05, 0) is 25.7 Å². The monoisotopic (exact) mass is 275 g/mol. The number of aromatic nitrogens is 2. The van der Waals surface area contributed by atoms with Crippen LogP contribution in [0.2, 0.25) is 0 Å². The first-order valence-electron chi connectivity index (χ1n) is 5.01. The van der Waals surface area contributed by atoms with Crippen LogP contribution in [0.15, 0.2) is 6.33 Å². The first-order valence-corrected chi connectivity index (χ1v) is 6.90. The van der Waals surface area contributed by atoms with Crippen molar-refractivity contribution in [1.82, 2.24) is 9.36 Å². The average Bonchev–Trinajstić information content (AvgIpc) is 2.72. The Balaban J connectivity index is 2.06. The van der Waals surface area contributed by atoms with Crippen molar-refractivity contribution in [3.8, 4) is 0 Å². The summed E-state index contributed by atoms with van der Waals surface area (Å²) in [6, 6.07) is 0.663. The Kier molecular flexibility index (Phi) is 3.75. The molecule has 1 atom stereocenters. The molecule has 0 spiro atoms. The van der Waals surface area contributed by atoms with Crippen LogP contribution in [0.25, 0.3) is 0 Å². The molecule has 78 valence electrons. The number of nitrogens with zero attached hydrogens (tertiary/aromatic N) is 3. The van der Waals surface area contributed by atoms with Crippen molar-refractivity contribution in [2.24, 2.45) is 0 Å². The molecule has 1 aromatic rings. The van der Waals surface area contributed by atoms with E-state index in [9.17, 15) is 0 Å². The number of halogens is 1. The standard InChI is InChI=1S/C9H14BrN3S/c10-5-4-8-3-1-2-6-13(8)9-11-7-12-14-9/h7-8H,1-6H2. The van der Waals surface area contributed by atoms with Gasteiger partial charge in [0.05, 0.1) is 0 Å². The second-order valence-corrected chi connectivity index (χ2v) is 5.10. The maximum atomic E-state index is 4.29. The van der Waals surface area contributed by atoms with Crippen molar-refractivity contribution in [3.05, 3.63) is 6.33 Å². The SMILES string of the molecule is BrCCC1CCCCN1c1ncns1. The minimum atomic E-state index is 0.663. The molecule has 0 aromatic carbocycles. The number of anilines is 1. The van der Waals surface area contributed by atoms with Crippen molar-refractivity contribution in [2.75, 3.05) is 16.8 Å². The molecular weight excluding hydrogens is 262 g/mol. The summed E-state index contributed by atoms with van der Waals surface area (Å²) in [5.74, 6) is 0. The van der Waals surface area contributed by atoms with E-state index < -0.39 is 0 Å². The molecule has 2 heterocycles. The molecule has 5 heteroatoms. The fraction of sp³-hybridized carbons (Fsp3) is 0.778. The molecule has 1 aromatic heterocycles. The summed E-state index contributed by atoms with van der Waals surface area (Å²) in [5, 5.41) is 2.17. The lowest BCUT2D eigenvalue weighted by Gasteiger charge is -2.35. The number of alkyl halides is 1. The molecule has 0 aliphatic carbocycles. The molecule has 0 radical (unpaired) electrons. The second kappa shape index (κ2) is 5.07. The van der Waals surface area contributed by atoms with Gasteiger partial charge in [0.1, 0.15) is 6.33 Å². The Hall–Kier alpha value is -0.160. The van der Waals surface area contributed by atoms with E-state index in [0.717, 1.165) is 17.0 Å². The second-order valence-electron chi connectivity index (χ2n) is 3.54. The van der Waals surface area contributed by atoms with E-state index in [-0.39, 0.29) is 0 Å². The molecule has 0 saturated carbocycles. The van der Waals surface area contributed by atoms with Crippen molar-refractivity contribution < 1.29 is 0 Å². The Morgan fingerprint density at radius 2 is 2.50 bits per heavy atom. The lowest BCUT2D eigenvalue weighted by molar-refractivity contribution is 0.452. The van der Waals surface area contributed by atoms with Gasteiger partial charge in [-0.25, -0.2) is 4.98 Å². The van der Waals surface area contributed by atoms with Crippen molar-refractivity contribution in [2.45, 2.75) is 31.7 Å². The van der Waals surface area contributed by atoms with E-state index in [2.05, 4.69) is 30.2 Å². The number of hydrogen-bond donors (Lipinski definition) is 0. The van der Waals surface area contributed by atoms with Crippen LogP contribution in [0.5, 0.6) is 0 Å². The Bertz CT molecular complexity index is 263. The van der Waals surface area contributed by atoms with Gasteiger partial charge >= 0.3 is 0 Å². The summed E-state index contributed by atoms with van der Waals surface area (Å²) >= 11 is 5.02. The van der Waals surface area contributed by atoms with Crippen LogP contribution < -0.4 is 4.90 Å². The molecule has 1 aliphatic heterocycles. The highest BCUT2D eigenvalue weighted by molar-refractivity contribution is 9.09. The van der Waals surface area contributed by atoms with Crippen LogP contribution in [0.1, 0.15) is 25.7 Å². The van der Waals surface area contributed by atoms with Crippen LogP contribution in [0.4, 0.5) is 5.13 Å². The van der Waals surface area contributed by atoms with E-state index in [1.165, 1.54) is 37.2 Å². The molecule has 1 saturated heterocycles. The zero-order valence-corrected chi connectivity index (χ0v) is 10.4. The smallest absolute Gasteiger partial charge is 0.205 e. The van der Waals surface area contributed by atoms with E-state index in [4.69, 9.17) is 0 Å². The van der Waals surface area contributed by atoms with Gasteiger partial charge < -0.3 is 4.90 Å². The van der Waals surface area contributed by atoms with Crippen LogP contribution in [-0.2, 0) is 0 Å². The predicted molar refractivity (Wildman–Crippen MR) is 63.3 cm³/mol. The van der Waals surface area contributed by atoms with Crippen LogP contribution in [0.3, 0.4) is 0 Å². The summed E-state index contributed by atoms with van der Waals surface area (Å²) in [7, 11) is 0. The summed E-state index contributed by atoms with van der Waals surface area (Å²) in [4.78, 5) is 6.71. The number of piperidine rings is 1. The van der Waals surface area contributed by atoms with Crippen LogP contribution >= 0.6 is 27.5 Å². The Morgan fingerprint density at radius 1 is 1.57 bits per heavy atom. The highest BCUT2D eigenvalue weighted by atomic mass is 79.9. The Morgan fingerprint density at radius 3 is 3.21 bits per heavy atom. The molecule has 0 bridgehead atoms. The van der Waals surface area contributed by atoms with Crippen molar-refractivity contribution >= 4 is 32.6 Å². The van der Waals surface area contributed by atoms with E-state index in [1.54, 1.807) is 6.33 Å². The molecular formula is C9H14BrN3S. The molecule has 14 heavy (non-hydrogen) atoms. The summed E-state index contributed by atoms with van der Waals surface area (Å²) in [5.41, 5.74) is 0. The molecule has 1 fully saturated rings. The van der Waals surface area contributed by atoms with Gasteiger partial charge in [0.25, 0.3) is 0 Å². The van der Waals surface area contributed by atoms with Crippen molar-refractivity contribution in [3.63, 3.8) is 0 Å². The van der Waals surface area contributed by atoms with E-state index in [1.807, 2.05) is 0 Å². The lowest BCUT2D eigenvalue weighted by atomic mass is 10.0. The third kappa shape index (κ3) is 2.25. The fourth-order valence-electron chi connectivity index (χ4n) is 1.97. The number of rotatable bonds is 3. The first-order chi connectivity index (χ1) is 6.92. The van der Waals surface area contributed by atoms with Crippen LogP contribution in [-0.4, -0.2) is 27.3 Å². The number of hydrogen-bond acceptors (Lipinski definition) is 4. The van der Waals surface area contributed by atoms with E-state index >= 15 is 0 Å². The third-order valence-electron chi connectivity index (χ3n) is 2.66. The van der Waals surface area contributed by atoms with Gasteiger partial charge in [0.2, 0.25) is 5.13 Å². The molecule has 0 amide bonds. The summed E-state index contributed by atoms with van der Waals surface area (Å²) in [6.07, 6.45) is 6.80.